The van der Waals surface area contributed by atoms with E-state index in [2.05, 4.69) is 22.6 Å². The van der Waals surface area contributed by atoms with Crippen molar-refractivity contribution in [3.8, 4) is 5.75 Å². The largest absolute Gasteiger partial charge is 0.465 e. The van der Waals surface area contributed by atoms with Crippen LogP contribution in [0.1, 0.15) is 50.5 Å². The van der Waals surface area contributed by atoms with Crippen LogP contribution in [0.15, 0.2) is 18.2 Å². The molecule has 1 aromatic rings. The van der Waals surface area contributed by atoms with E-state index < -0.39 is 0 Å². The molecule has 3 nitrogen and oxygen atoms in total. The Bertz CT molecular complexity index is 576. The van der Waals surface area contributed by atoms with E-state index in [0.717, 1.165) is 68.2 Å². The average molecular weight is 446 g/mol. The predicted octanol–water partition coefficient (Wildman–Crippen LogP) is 4.95. The lowest BCUT2D eigenvalue weighted by Crippen LogP contribution is -2.50. The first-order chi connectivity index (χ1) is 11.6. The summed E-state index contributed by atoms with van der Waals surface area (Å²) in [7, 11) is 0. The second kappa shape index (κ2) is 6.72. The van der Waals surface area contributed by atoms with Crippen LogP contribution in [0.4, 0.5) is 4.39 Å². The van der Waals surface area contributed by atoms with E-state index >= 15 is 0 Å². The van der Waals surface area contributed by atoms with E-state index in [1.165, 1.54) is 6.07 Å². The topological polar surface area (TPSA) is 27.7 Å². The Balaban J connectivity index is 1.55. The van der Waals surface area contributed by atoms with E-state index in [1.54, 1.807) is 6.07 Å². The van der Waals surface area contributed by atoms with E-state index in [-0.39, 0.29) is 17.7 Å². The second-order valence-electron chi connectivity index (χ2n) is 7.51. The molecule has 24 heavy (non-hydrogen) atoms. The van der Waals surface area contributed by atoms with Gasteiger partial charge in [0.2, 0.25) is 0 Å². The molecule has 3 saturated heterocycles. The van der Waals surface area contributed by atoms with Crippen LogP contribution in [-0.2, 0) is 15.1 Å². The highest BCUT2D eigenvalue weighted by Crippen LogP contribution is 2.54. The lowest BCUT2D eigenvalue weighted by Gasteiger charge is -2.53. The highest BCUT2D eigenvalue weighted by atomic mass is 127. The van der Waals surface area contributed by atoms with Gasteiger partial charge in [-0.15, -0.1) is 0 Å². The van der Waals surface area contributed by atoms with E-state index in [0.29, 0.717) is 11.2 Å². The van der Waals surface area contributed by atoms with Crippen molar-refractivity contribution >= 4 is 22.6 Å². The van der Waals surface area contributed by atoms with Gasteiger partial charge in [-0.2, -0.15) is 0 Å². The Hall–Kier alpha value is -0.400. The van der Waals surface area contributed by atoms with Crippen molar-refractivity contribution in [2.24, 2.45) is 5.41 Å². The van der Waals surface area contributed by atoms with Crippen LogP contribution in [0.3, 0.4) is 0 Å². The molecule has 0 radical (unpaired) electrons. The van der Waals surface area contributed by atoms with Crippen molar-refractivity contribution in [1.82, 2.24) is 0 Å². The molecule has 5 heteroatoms. The number of ether oxygens (including phenoxy) is 3. The van der Waals surface area contributed by atoms with E-state index in [9.17, 15) is 4.39 Å². The Morgan fingerprint density at radius 1 is 1.17 bits per heavy atom. The molecule has 132 valence electrons. The van der Waals surface area contributed by atoms with Gasteiger partial charge in [0.1, 0.15) is 11.6 Å². The quantitative estimate of drug-likeness (QED) is 0.484. The average Bonchev–Trinajstić information content (AvgIpc) is 2.64. The van der Waals surface area contributed by atoms with Crippen LogP contribution >= 0.6 is 22.6 Å². The lowest BCUT2D eigenvalue weighted by molar-refractivity contribution is -0.181. The van der Waals surface area contributed by atoms with E-state index in [4.69, 9.17) is 14.2 Å². The fourth-order valence-corrected chi connectivity index (χ4v) is 5.14. The summed E-state index contributed by atoms with van der Waals surface area (Å²) in [6, 6.07) is 5.04. The summed E-state index contributed by atoms with van der Waals surface area (Å²) in [4.78, 5) is 0. The highest BCUT2D eigenvalue weighted by molar-refractivity contribution is 14.1. The zero-order valence-corrected chi connectivity index (χ0v) is 16.0. The Morgan fingerprint density at radius 2 is 2.00 bits per heavy atom. The molecule has 0 N–H and O–H groups in total. The summed E-state index contributed by atoms with van der Waals surface area (Å²) >= 11 is 2.47. The van der Waals surface area contributed by atoms with Crippen LogP contribution < -0.4 is 4.74 Å². The van der Waals surface area contributed by atoms with Crippen LogP contribution in [-0.4, -0.2) is 23.9 Å². The summed E-state index contributed by atoms with van der Waals surface area (Å²) in [5.41, 5.74) is 0.932. The van der Waals surface area contributed by atoms with Crippen molar-refractivity contribution < 1.29 is 18.6 Å². The fourth-order valence-electron chi connectivity index (χ4n) is 4.16. The van der Waals surface area contributed by atoms with Crippen LogP contribution in [0.5, 0.6) is 5.75 Å². The molecule has 0 amide bonds. The minimum Gasteiger partial charge on any atom is -0.465 e. The standard InChI is InChI=1S/C19H24FIO3/c20-15-9-14(10-16(11-15)24-17-3-1-2-8-22-17)19-6-4-18(12-21,5-7-19)13-23-19/h9-11,17H,1-8,12-13H2. The molecule has 4 fully saturated rings. The van der Waals surface area contributed by atoms with Gasteiger partial charge in [-0.1, -0.05) is 22.6 Å². The molecule has 1 aromatic carbocycles. The highest BCUT2D eigenvalue weighted by Gasteiger charge is 2.50. The summed E-state index contributed by atoms with van der Waals surface area (Å²) in [5.74, 6) is 0.304. The van der Waals surface area contributed by atoms with Crippen molar-refractivity contribution in [2.75, 3.05) is 17.6 Å². The maximum atomic E-state index is 14.2. The van der Waals surface area contributed by atoms with Crippen molar-refractivity contribution in [3.05, 3.63) is 29.6 Å². The molecule has 1 saturated carbocycles. The monoisotopic (exact) mass is 446 g/mol. The van der Waals surface area contributed by atoms with Gasteiger partial charge in [-0.05, 0) is 56.2 Å². The van der Waals surface area contributed by atoms with Gasteiger partial charge in [0, 0.05) is 22.3 Å². The normalized spacial score (nSPS) is 35.8. The molecule has 3 heterocycles. The number of alkyl halides is 1. The zero-order valence-electron chi connectivity index (χ0n) is 13.9. The number of halogens is 2. The first-order valence-electron chi connectivity index (χ1n) is 8.92. The lowest BCUT2D eigenvalue weighted by atomic mass is 9.65. The number of fused-ring (bicyclic) bond motifs is 3. The molecule has 5 rings (SSSR count). The Kier molecular flexibility index (Phi) is 4.77. The van der Waals surface area contributed by atoms with Gasteiger partial charge in [0.05, 0.1) is 18.8 Å². The maximum Gasteiger partial charge on any atom is 0.199 e. The van der Waals surface area contributed by atoms with Gasteiger partial charge in [-0.3, -0.25) is 0 Å². The summed E-state index contributed by atoms with van der Waals surface area (Å²) in [6.07, 6.45) is 7.05. The van der Waals surface area contributed by atoms with Crippen LogP contribution in [0.25, 0.3) is 0 Å². The summed E-state index contributed by atoms with van der Waals surface area (Å²) < 4.78 is 33.2. The van der Waals surface area contributed by atoms with Crippen LogP contribution in [0.2, 0.25) is 0 Å². The number of benzene rings is 1. The maximum absolute atomic E-state index is 14.2. The molecule has 2 bridgehead atoms. The number of hydrogen-bond acceptors (Lipinski definition) is 3. The minimum absolute atomic E-state index is 0.254. The first-order valence-corrected chi connectivity index (χ1v) is 10.5. The predicted molar refractivity (Wildman–Crippen MR) is 98.0 cm³/mol. The molecule has 1 unspecified atom stereocenters. The zero-order chi connectivity index (χ0) is 16.6. The minimum atomic E-state index is -0.332. The van der Waals surface area contributed by atoms with Crippen molar-refractivity contribution in [3.63, 3.8) is 0 Å². The van der Waals surface area contributed by atoms with Crippen LogP contribution in [0, 0.1) is 11.2 Å². The smallest absolute Gasteiger partial charge is 0.199 e. The number of hydrogen-bond donors (Lipinski definition) is 0. The van der Waals surface area contributed by atoms with Gasteiger partial charge in [-0.25, -0.2) is 4.39 Å². The molecule has 4 aliphatic rings. The first kappa shape index (κ1) is 17.0. The van der Waals surface area contributed by atoms with Gasteiger partial charge >= 0.3 is 0 Å². The van der Waals surface area contributed by atoms with Crippen molar-refractivity contribution in [1.29, 1.82) is 0 Å². The Morgan fingerprint density at radius 3 is 2.62 bits per heavy atom. The molecule has 3 aliphatic heterocycles. The summed E-state index contributed by atoms with van der Waals surface area (Å²) in [6.45, 7) is 1.51. The second-order valence-corrected chi connectivity index (χ2v) is 8.27. The summed E-state index contributed by atoms with van der Waals surface area (Å²) in [5, 5.41) is 0. The molecule has 0 aromatic heterocycles. The van der Waals surface area contributed by atoms with E-state index in [1.807, 2.05) is 6.07 Å². The number of rotatable bonds is 4. The van der Waals surface area contributed by atoms with Crippen molar-refractivity contribution in [2.45, 2.75) is 56.8 Å². The molecule has 1 aliphatic carbocycles. The molecular weight excluding hydrogens is 422 g/mol. The van der Waals surface area contributed by atoms with Gasteiger partial charge < -0.3 is 14.2 Å². The van der Waals surface area contributed by atoms with Gasteiger partial charge in [0.15, 0.2) is 6.29 Å². The molecular formula is C19H24FIO3. The SMILES string of the molecule is Fc1cc(OC2CCCCO2)cc(C23CCC(CI)(CC2)CO3)c1. The molecule has 0 spiro atoms. The molecule has 1 atom stereocenters. The van der Waals surface area contributed by atoms with Gasteiger partial charge in [0.25, 0.3) is 0 Å². The third-order valence-electron chi connectivity index (χ3n) is 5.86. The third-order valence-corrected chi connectivity index (χ3v) is 7.48. The fraction of sp³-hybridized carbons (Fsp3) is 0.684. The Labute approximate surface area is 156 Å². The third kappa shape index (κ3) is 3.19.